The van der Waals surface area contributed by atoms with E-state index in [-0.39, 0.29) is 12.0 Å². The number of nitrogen functional groups attached to an aromatic ring is 1. The zero-order valence-corrected chi connectivity index (χ0v) is 10.0. The number of hydrogen-bond donors (Lipinski definition) is 2. The highest BCUT2D eigenvalue weighted by atomic mass is 16.5. The van der Waals surface area contributed by atoms with Gasteiger partial charge in [0.25, 0.3) is 0 Å². The van der Waals surface area contributed by atoms with Gasteiger partial charge in [0, 0.05) is 6.54 Å². The number of rotatable bonds is 6. The van der Waals surface area contributed by atoms with Crippen LogP contribution in [0.15, 0.2) is 0 Å². The standard InChI is InChI=1S/C10H19N5O/c1-4-7(5-2)6-12-9-13-8(11)14-10(15-9)16-3/h7H,4-6H2,1-3H3,(H3,11,12,13,14,15). The minimum atomic E-state index is 0.166. The smallest absolute Gasteiger partial charge is 0.322 e. The third-order valence-electron chi connectivity index (χ3n) is 2.52. The summed E-state index contributed by atoms with van der Waals surface area (Å²) >= 11 is 0. The van der Waals surface area contributed by atoms with Crippen LogP contribution in [0.5, 0.6) is 6.01 Å². The minimum absolute atomic E-state index is 0.166. The van der Waals surface area contributed by atoms with Crippen molar-refractivity contribution in [2.24, 2.45) is 5.92 Å². The molecule has 0 bridgehead atoms. The van der Waals surface area contributed by atoms with Gasteiger partial charge in [-0.1, -0.05) is 26.7 Å². The average Bonchev–Trinajstić information content (AvgIpc) is 2.29. The number of hydrogen-bond acceptors (Lipinski definition) is 6. The van der Waals surface area contributed by atoms with Gasteiger partial charge in [-0.05, 0) is 5.92 Å². The van der Waals surface area contributed by atoms with Gasteiger partial charge in [0.15, 0.2) is 0 Å². The maximum absolute atomic E-state index is 5.52. The molecule has 0 radical (unpaired) electrons. The van der Waals surface area contributed by atoms with Crippen LogP contribution in [-0.4, -0.2) is 28.6 Å². The van der Waals surface area contributed by atoms with Crippen molar-refractivity contribution in [1.82, 2.24) is 15.0 Å². The quantitative estimate of drug-likeness (QED) is 0.759. The van der Waals surface area contributed by atoms with E-state index >= 15 is 0 Å². The summed E-state index contributed by atoms with van der Waals surface area (Å²) in [4.78, 5) is 11.9. The first kappa shape index (κ1) is 12.5. The third kappa shape index (κ3) is 3.52. The Bertz CT molecular complexity index is 327. The van der Waals surface area contributed by atoms with Crippen molar-refractivity contribution in [2.45, 2.75) is 26.7 Å². The highest BCUT2D eigenvalue weighted by Crippen LogP contribution is 2.11. The van der Waals surface area contributed by atoms with Crippen molar-refractivity contribution in [2.75, 3.05) is 24.7 Å². The summed E-state index contributed by atoms with van der Waals surface area (Å²) in [7, 11) is 1.50. The highest BCUT2D eigenvalue weighted by molar-refractivity contribution is 5.32. The number of nitrogens with two attached hydrogens (primary N) is 1. The van der Waals surface area contributed by atoms with Gasteiger partial charge in [0.05, 0.1) is 7.11 Å². The second-order valence-corrected chi connectivity index (χ2v) is 3.57. The zero-order chi connectivity index (χ0) is 12.0. The molecule has 0 aliphatic heterocycles. The van der Waals surface area contributed by atoms with Gasteiger partial charge < -0.3 is 15.8 Å². The Hall–Kier alpha value is -1.59. The summed E-state index contributed by atoms with van der Waals surface area (Å²) in [5.41, 5.74) is 5.52. The van der Waals surface area contributed by atoms with Crippen LogP contribution in [-0.2, 0) is 0 Å². The molecular formula is C10H19N5O. The summed E-state index contributed by atoms with van der Waals surface area (Å²) < 4.78 is 4.91. The van der Waals surface area contributed by atoms with Crippen LogP contribution in [0.4, 0.5) is 11.9 Å². The van der Waals surface area contributed by atoms with E-state index in [1.807, 2.05) is 0 Å². The predicted molar refractivity (Wildman–Crippen MR) is 63.4 cm³/mol. The number of aromatic nitrogens is 3. The molecule has 0 unspecified atom stereocenters. The fourth-order valence-electron chi connectivity index (χ4n) is 1.36. The summed E-state index contributed by atoms with van der Waals surface area (Å²) in [6.07, 6.45) is 2.25. The zero-order valence-electron chi connectivity index (χ0n) is 10.0. The number of methoxy groups -OCH3 is 1. The van der Waals surface area contributed by atoms with E-state index in [4.69, 9.17) is 10.5 Å². The van der Waals surface area contributed by atoms with E-state index in [2.05, 4.69) is 34.1 Å². The molecule has 90 valence electrons. The molecule has 1 rings (SSSR count). The van der Waals surface area contributed by atoms with Gasteiger partial charge >= 0.3 is 6.01 Å². The Morgan fingerprint density at radius 2 is 1.94 bits per heavy atom. The van der Waals surface area contributed by atoms with Crippen molar-refractivity contribution in [1.29, 1.82) is 0 Å². The molecule has 0 amide bonds. The Labute approximate surface area is 95.6 Å². The molecule has 1 heterocycles. The monoisotopic (exact) mass is 225 g/mol. The maximum atomic E-state index is 5.52. The summed E-state index contributed by atoms with van der Waals surface area (Å²) in [5, 5.41) is 3.14. The van der Waals surface area contributed by atoms with E-state index in [0.29, 0.717) is 11.9 Å². The van der Waals surface area contributed by atoms with Gasteiger partial charge in [-0.3, -0.25) is 0 Å². The molecular weight excluding hydrogens is 206 g/mol. The summed E-state index contributed by atoms with van der Waals surface area (Å²) in [6, 6.07) is 0.236. The van der Waals surface area contributed by atoms with E-state index in [9.17, 15) is 0 Å². The number of anilines is 2. The van der Waals surface area contributed by atoms with Crippen LogP contribution in [0.2, 0.25) is 0 Å². The lowest BCUT2D eigenvalue weighted by Gasteiger charge is -2.13. The van der Waals surface area contributed by atoms with E-state index in [1.54, 1.807) is 0 Å². The summed E-state index contributed by atoms with van der Waals surface area (Å²) in [5.74, 6) is 1.25. The lowest BCUT2D eigenvalue weighted by molar-refractivity contribution is 0.379. The molecule has 0 spiro atoms. The molecule has 0 fully saturated rings. The minimum Gasteiger partial charge on any atom is -0.467 e. The van der Waals surface area contributed by atoms with Crippen LogP contribution < -0.4 is 15.8 Å². The molecule has 0 saturated carbocycles. The molecule has 1 aromatic rings. The van der Waals surface area contributed by atoms with Gasteiger partial charge in [-0.2, -0.15) is 15.0 Å². The molecule has 3 N–H and O–H groups in total. The molecule has 0 atom stereocenters. The van der Waals surface area contributed by atoms with Crippen LogP contribution in [0.3, 0.4) is 0 Å². The molecule has 6 nitrogen and oxygen atoms in total. The second kappa shape index (κ2) is 6.09. The topological polar surface area (TPSA) is 86.0 Å². The Morgan fingerprint density at radius 1 is 1.25 bits per heavy atom. The van der Waals surface area contributed by atoms with Crippen molar-refractivity contribution >= 4 is 11.9 Å². The first-order chi connectivity index (χ1) is 7.69. The lowest BCUT2D eigenvalue weighted by Crippen LogP contribution is -2.15. The van der Waals surface area contributed by atoms with Gasteiger partial charge in [-0.15, -0.1) is 0 Å². The van der Waals surface area contributed by atoms with Crippen molar-refractivity contribution in [3.05, 3.63) is 0 Å². The molecule has 0 aromatic carbocycles. The average molecular weight is 225 g/mol. The predicted octanol–water partition coefficient (Wildman–Crippen LogP) is 1.31. The van der Waals surface area contributed by atoms with E-state index in [1.165, 1.54) is 7.11 Å². The first-order valence-electron chi connectivity index (χ1n) is 5.49. The van der Waals surface area contributed by atoms with Crippen LogP contribution in [0, 0.1) is 5.92 Å². The normalized spacial score (nSPS) is 10.5. The van der Waals surface area contributed by atoms with Crippen LogP contribution in [0.1, 0.15) is 26.7 Å². The van der Waals surface area contributed by atoms with Crippen LogP contribution >= 0.6 is 0 Å². The molecule has 0 aliphatic rings. The number of nitrogens with zero attached hydrogens (tertiary/aromatic N) is 3. The molecule has 0 aliphatic carbocycles. The molecule has 0 saturated heterocycles. The SMILES string of the molecule is CCC(CC)CNc1nc(N)nc(OC)n1. The van der Waals surface area contributed by atoms with Gasteiger partial charge in [0.1, 0.15) is 0 Å². The van der Waals surface area contributed by atoms with Gasteiger partial charge in [0.2, 0.25) is 11.9 Å². The molecule has 6 heteroatoms. The Balaban J connectivity index is 2.62. The van der Waals surface area contributed by atoms with Crippen molar-refractivity contribution < 1.29 is 4.74 Å². The largest absolute Gasteiger partial charge is 0.467 e. The fraction of sp³-hybridized carbons (Fsp3) is 0.700. The first-order valence-corrected chi connectivity index (χ1v) is 5.49. The number of ether oxygens (including phenoxy) is 1. The molecule has 1 aromatic heterocycles. The number of nitrogens with one attached hydrogen (secondary N) is 1. The van der Waals surface area contributed by atoms with Crippen LogP contribution in [0.25, 0.3) is 0 Å². The second-order valence-electron chi connectivity index (χ2n) is 3.57. The van der Waals surface area contributed by atoms with Gasteiger partial charge in [-0.25, -0.2) is 0 Å². The Kier molecular flexibility index (Phi) is 4.75. The lowest BCUT2D eigenvalue weighted by atomic mass is 10.0. The maximum Gasteiger partial charge on any atom is 0.322 e. The van der Waals surface area contributed by atoms with E-state index < -0.39 is 0 Å². The third-order valence-corrected chi connectivity index (χ3v) is 2.52. The summed E-state index contributed by atoms with van der Waals surface area (Å²) in [6.45, 7) is 5.16. The fourth-order valence-corrected chi connectivity index (χ4v) is 1.36. The Morgan fingerprint density at radius 3 is 2.50 bits per heavy atom. The highest BCUT2D eigenvalue weighted by Gasteiger charge is 2.07. The van der Waals surface area contributed by atoms with E-state index in [0.717, 1.165) is 19.4 Å². The molecule has 16 heavy (non-hydrogen) atoms. The van der Waals surface area contributed by atoms with Crippen molar-refractivity contribution in [3.63, 3.8) is 0 Å². The van der Waals surface area contributed by atoms with Crippen molar-refractivity contribution in [3.8, 4) is 6.01 Å².